The second-order valence-corrected chi connectivity index (χ2v) is 3.38. The van der Waals surface area contributed by atoms with Gasteiger partial charge in [-0.2, -0.15) is 0 Å². The monoisotopic (exact) mass is 222 g/mol. The maximum absolute atomic E-state index is 10.7. The molecule has 0 saturated heterocycles. The van der Waals surface area contributed by atoms with Crippen LogP contribution in [0.15, 0.2) is 30.5 Å². The molecule has 0 aromatic carbocycles. The van der Waals surface area contributed by atoms with Crippen LogP contribution in [0.3, 0.4) is 0 Å². The largest absolute Gasteiger partial charge is 0.477 e. The minimum atomic E-state index is -1.09. The fraction of sp³-hybridized carbons (Fsp3) is 0. The lowest BCUT2D eigenvalue weighted by molar-refractivity contribution is 0.0690. The standard InChI is InChI=1S/C10H7ClN2O2/c11-6-4-8(7-2-1-3-12-7)13-9(5-6)10(14)15/h1-5,12H,(H,14,15). The topological polar surface area (TPSA) is 66.0 Å². The summed E-state index contributed by atoms with van der Waals surface area (Å²) in [5.41, 5.74) is 1.19. The number of hydrogen-bond acceptors (Lipinski definition) is 2. The third-order valence-corrected chi connectivity index (χ3v) is 2.10. The normalized spacial score (nSPS) is 10.2. The molecule has 0 aliphatic rings. The van der Waals surface area contributed by atoms with Crippen LogP contribution in [0.1, 0.15) is 10.5 Å². The van der Waals surface area contributed by atoms with Crippen molar-refractivity contribution in [2.75, 3.05) is 0 Å². The molecule has 15 heavy (non-hydrogen) atoms. The molecule has 2 heterocycles. The van der Waals surface area contributed by atoms with Crippen LogP contribution in [-0.2, 0) is 0 Å². The molecule has 0 fully saturated rings. The van der Waals surface area contributed by atoms with Crippen LogP contribution in [0, 0.1) is 0 Å². The Balaban J connectivity index is 2.54. The number of carbonyl (C=O) groups is 1. The number of H-pyrrole nitrogens is 1. The molecule has 0 radical (unpaired) electrons. The molecule has 2 aromatic rings. The van der Waals surface area contributed by atoms with Crippen LogP contribution in [0.5, 0.6) is 0 Å². The second-order valence-electron chi connectivity index (χ2n) is 2.94. The summed E-state index contributed by atoms with van der Waals surface area (Å²) in [6.07, 6.45) is 1.73. The van der Waals surface area contributed by atoms with Crippen molar-refractivity contribution >= 4 is 17.6 Å². The molecule has 76 valence electrons. The van der Waals surface area contributed by atoms with Crippen molar-refractivity contribution < 1.29 is 9.90 Å². The Bertz CT molecular complexity index is 494. The highest BCUT2D eigenvalue weighted by atomic mass is 35.5. The zero-order valence-electron chi connectivity index (χ0n) is 7.57. The lowest BCUT2D eigenvalue weighted by Gasteiger charge is -2.00. The molecule has 0 aliphatic heterocycles. The van der Waals surface area contributed by atoms with E-state index < -0.39 is 5.97 Å². The summed E-state index contributed by atoms with van der Waals surface area (Å²) in [5.74, 6) is -1.09. The van der Waals surface area contributed by atoms with Gasteiger partial charge in [0.1, 0.15) is 5.69 Å². The number of rotatable bonds is 2. The molecule has 4 nitrogen and oxygen atoms in total. The molecule has 0 amide bonds. The van der Waals surface area contributed by atoms with Crippen molar-refractivity contribution in [3.63, 3.8) is 0 Å². The molecule has 2 rings (SSSR count). The van der Waals surface area contributed by atoms with Gasteiger partial charge in [0.15, 0.2) is 0 Å². The van der Waals surface area contributed by atoms with Crippen molar-refractivity contribution in [1.82, 2.24) is 9.97 Å². The summed E-state index contributed by atoms with van der Waals surface area (Å²) in [7, 11) is 0. The molecule has 0 atom stereocenters. The van der Waals surface area contributed by atoms with Gasteiger partial charge in [-0.1, -0.05) is 11.6 Å². The summed E-state index contributed by atoms with van der Waals surface area (Å²) < 4.78 is 0. The quantitative estimate of drug-likeness (QED) is 0.820. The Morgan fingerprint density at radius 3 is 2.87 bits per heavy atom. The van der Waals surface area contributed by atoms with E-state index in [0.717, 1.165) is 5.69 Å². The third-order valence-electron chi connectivity index (χ3n) is 1.88. The molecule has 2 N–H and O–H groups in total. The average molecular weight is 223 g/mol. The van der Waals surface area contributed by atoms with Gasteiger partial charge in [0, 0.05) is 11.2 Å². The lowest BCUT2D eigenvalue weighted by atomic mass is 10.2. The number of hydrogen-bond donors (Lipinski definition) is 2. The van der Waals surface area contributed by atoms with E-state index in [2.05, 4.69) is 9.97 Å². The summed E-state index contributed by atoms with van der Waals surface area (Å²) in [4.78, 5) is 17.6. The zero-order chi connectivity index (χ0) is 10.8. The second kappa shape index (κ2) is 3.74. The fourth-order valence-electron chi connectivity index (χ4n) is 1.23. The van der Waals surface area contributed by atoms with Crippen molar-refractivity contribution in [2.45, 2.75) is 0 Å². The number of halogens is 1. The van der Waals surface area contributed by atoms with E-state index >= 15 is 0 Å². The molecular weight excluding hydrogens is 216 g/mol. The van der Waals surface area contributed by atoms with Gasteiger partial charge in [-0.3, -0.25) is 0 Å². The first-order chi connectivity index (χ1) is 7.16. The third kappa shape index (κ3) is 1.99. The highest BCUT2D eigenvalue weighted by Gasteiger charge is 2.09. The number of aromatic carboxylic acids is 1. The van der Waals surface area contributed by atoms with Gasteiger partial charge >= 0.3 is 5.97 Å². The number of aromatic amines is 1. The van der Waals surface area contributed by atoms with Crippen LogP contribution >= 0.6 is 11.6 Å². The molecule has 0 unspecified atom stereocenters. The van der Waals surface area contributed by atoms with E-state index in [4.69, 9.17) is 16.7 Å². The van der Waals surface area contributed by atoms with Crippen LogP contribution in [0.25, 0.3) is 11.4 Å². The number of aromatic nitrogens is 2. The Kier molecular flexibility index (Phi) is 2.43. The van der Waals surface area contributed by atoms with Gasteiger partial charge in [-0.25, -0.2) is 9.78 Å². The van der Waals surface area contributed by atoms with E-state index in [1.54, 1.807) is 24.4 Å². The van der Waals surface area contributed by atoms with Crippen molar-refractivity contribution in [1.29, 1.82) is 0 Å². The fourth-order valence-corrected chi connectivity index (χ4v) is 1.44. The van der Waals surface area contributed by atoms with Gasteiger partial charge in [0.2, 0.25) is 0 Å². The van der Waals surface area contributed by atoms with E-state index in [1.807, 2.05) is 0 Å². The number of nitrogens with zero attached hydrogens (tertiary/aromatic N) is 1. The van der Waals surface area contributed by atoms with Gasteiger partial charge < -0.3 is 10.1 Å². The molecular formula is C10H7ClN2O2. The molecule has 0 saturated carbocycles. The van der Waals surface area contributed by atoms with Crippen LogP contribution in [-0.4, -0.2) is 21.0 Å². The first kappa shape index (κ1) is 9.73. The number of carboxylic acid groups (broad SMARTS) is 1. The predicted molar refractivity (Wildman–Crippen MR) is 56.0 cm³/mol. The number of carboxylic acids is 1. The lowest BCUT2D eigenvalue weighted by Crippen LogP contribution is -2.01. The summed E-state index contributed by atoms with van der Waals surface area (Å²) in [6, 6.07) is 6.53. The van der Waals surface area contributed by atoms with Gasteiger partial charge in [-0.05, 0) is 24.3 Å². The summed E-state index contributed by atoms with van der Waals surface area (Å²) >= 11 is 5.79. The van der Waals surface area contributed by atoms with Crippen molar-refractivity contribution in [3.05, 3.63) is 41.2 Å². The average Bonchev–Trinajstić information content (AvgIpc) is 2.69. The first-order valence-electron chi connectivity index (χ1n) is 4.21. The van der Waals surface area contributed by atoms with E-state index in [0.29, 0.717) is 10.7 Å². The number of nitrogens with one attached hydrogen (secondary N) is 1. The first-order valence-corrected chi connectivity index (χ1v) is 4.59. The Hall–Kier alpha value is -1.81. The Morgan fingerprint density at radius 2 is 2.27 bits per heavy atom. The van der Waals surface area contributed by atoms with Gasteiger partial charge in [0.25, 0.3) is 0 Å². The maximum Gasteiger partial charge on any atom is 0.354 e. The molecule has 0 aliphatic carbocycles. The Labute approximate surface area is 90.5 Å². The SMILES string of the molecule is O=C(O)c1cc(Cl)cc(-c2ccc[nH]2)n1. The van der Waals surface area contributed by atoms with Crippen LogP contribution < -0.4 is 0 Å². The number of pyridine rings is 1. The minimum absolute atomic E-state index is 0.0629. The zero-order valence-corrected chi connectivity index (χ0v) is 8.32. The van der Waals surface area contributed by atoms with Crippen molar-refractivity contribution in [2.24, 2.45) is 0 Å². The minimum Gasteiger partial charge on any atom is -0.477 e. The highest BCUT2D eigenvalue weighted by molar-refractivity contribution is 6.31. The molecule has 0 spiro atoms. The predicted octanol–water partition coefficient (Wildman–Crippen LogP) is 2.43. The van der Waals surface area contributed by atoms with E-state index in [9.17, 15) is 4.79 Å². The molecule has 2 aromatic heterocycles. The van der Waals surface area contributed by atoms with E-state index in [-0.39, 0.29) is 5.69 Å². The van der Waals surface area contributed by atoms with Crippen LogP contribution in [0.2, 0.25) is 5.02 Å². The van der Waals surface area contributed by atoms with E-state index in [1.165, 1.54) is 6.07 Å². The molecule has 0 bridgehead atoms. The van der Waals surface area contributed by atoms with Gasteiger partial charge in [-0.15, -0.1) is 0 Å². The van der Waals surface area contributed by atoms with Crippen LogP contribution in [0.4, 0.5) is 0 Å². The summed E-state index contributed by atoms with van der Waals surface area (Å²) in [5, 5.41) is 9.15. The smallest absolute Gasteiger partial charge is 0.354 e. The molecule has 5 heteroatoms. The maximum atomic E-state index is 10.7. The summed E-state index contributed by atoms with van der Waals surface area (Å²) in [6.45, 7) is 0. The Morgan fingerprint density at radius 1 is 1.47 bits per heavy atom. The van der Waals surface area contributed by atoms with Crippen molar-refractivity contribution in [3.8, 4) is 11.4 Å². The highest BCUT2D eigenvalue weighted by Crippen LogP contribution is 2.20. The van der Waals surface area contributed by atoms with Gasteiger partial charge in [0.05, 0.1) is 11.4 Å².